The molecular weight excluding hydrogens is 188 g/mol. The largest absolute Gasteiger partial charge is 0.394 e. The highest BCUT2D eigenvalue weighted by Gasteiger charge is 2.24. The van der Waals surface area contributed by atoms with E-state index in [1.165, 1.54) is 19.5 Å². The molecule has 3 unspecified atom stereocenters. The van der Waals surface area contributed by atoms with E-state index in [1.54, 1.807) is 0 Å². The van der Waals surface area contributed by atoms with Crippen LogP contribution in [0.4, 0.5) is 0 Å². The zero-order valence-corrected chi connectivity index (χ0v) is 10.4. The molecule has 3 atom stereocenters. The van der Waals surface area contributed by atoms with Crippen LogP contribution < -0.4 is 5.73 Å². The van der Waals surface area contributed by atoms with Gasteiger partial charge >= 0.3 is 0 Å². The van der Waals surface area contributed by atoms with Crippen molar-refractivity contribution in [2.75, 3.05) is 26.2 Å². The summed E-state index contributed by atoms with van der Waals surface area (Å²) in [5.41, 5.74) is 5.51. The van der Waals surface area contributed by atoms with Crippen LogP contribution in [0.5, 0.6) is 0 Å². The van der Waals surface area contributed by atoms with Crippen molar-refractivity contribution < 1.29 is 5.11 Å². The number of rotatable bonds is 4. The van der Waals surface area contributed by atoms with Gasteiger partial charge in [0.1, 0.15) is 0 Å². The molecule has 0 saturated carbocycles. The zero-order valence-electron chi connectivity index (χ0n) is 10.4. The predicted molar refractivity (Wildman–Crippen MR) is 63.7 cm³/mol. The summed E-state index contributed by atoms with van der Waals surface area (Å²) < 4.78 is 0. The van der Waals surface area contributed by atoms with Gasteiger partial charge in [-0.15, -0.1) is 0 Å². The Morgan fingerprint density at radius 2 is 2.07 bits per heavy atom. The summed E-state index contributed by atoms with van der Waals surface area (Å²) in [4.78, 5) is 2.48. The maximum atomic E-state index is 9.07. The number of hydrogen-bond donors (Lipinski definition) is 2. The maximum Gasteiger partial charge on any atom is 0.0608 e. The lowest BCUT2D eigenvalue weighted by atomic mass is 9.88. The summed E-state index contributed by atoms with van der Waals surface area (Å²) in [6.07, 6.45) is 2.17. The van der Waals surface area contributed by atoms with Crippen molar-refractivity contribution in [2.45, 2.75) is 39.2 Å². The minimum Gasteiger partial charge on any atom is -0.394 e. The second kappa shape index (κ2) is 5.28. The van der Waals surface area contributed by atoms with Gasteiger partial charge in [-0.1, -0.05) is 13.8 Å². The molecular formula is C12H26N2O. The molecule has 90 valence electrons. The highest BCUT2D eigenvalue weighted by Crippen LogP contribution is 2.22. The number of piperidine rings is 1. The minimum absolute atomic E-state index is 0.0762. The van der Waals surface area contributed by atoms with Crippen molar-refractivity contribution in [3.05, 3.63) is 0 Å². The van der Waals surface area contributed by atoms with E-state index in [1.807, 2.05) is 6.92 Å². The van der Waals surface area contributed by atoms with E-state index in [0.717, 1.165) is 24.8 Å². The van der Waals surface area contributed by atoms with Gasteiger partial charge in [-0.05, 0) is 44.7 Å². The fourth-order valence-electron chi connectivity index (χ4n) is 2.04. The van der Waals surface area contributed by atoms with Crippen molar-refractivity contribution in [1.82, 2.24) is 4.90 Å². The van der Waals surface area contributed by atoms with E-state index in [0.29, 0.717) is 0 Å². The molecule has 0 bridgehead atoms. The van der Waals surface area contributed by atoms with Crippen molar-refractivity contribution in [1.29, 1.82) is 0 Å². The minimum atomic E-state index is -0.410. The third kappa shape index (κ3) is 4.09. The maximum absolute atomic E-state index is 9.07. The van der Waals surface area contributed by atoms with E-state index in [9.17, 15) is 0 Å². The van der Waals surface area contributed by atoms with Gasteiger partial charge in [0.05, 0.1) is 6.61 Å². The Balaban J connectivity index is 2.28. The van der Waals surface area contributed by atoms with Crippen LogP contribution >= 0.6 is 0 Å². The zero-order chi connectivity index (χ0) is 11.5. The van der Waals surface area contributed by atoms with E-state index in [-0.39, 0.29) is 6.61 Å². The Kier molecular flexibility index (Phi) is 4.56. The second-order valence-corrected chi connectivity index (χ2v) is 5.61. The molecule has 0 aromatic heterocycles. The number of aliphatic hydroxyl groups is 1. The molecule has 0 spiro atoms. The molecule has 3 nitrogen and oxygen atoms in total. The summed E-state index contributed by atoms with van der Waals surface area (Å²) in [6, 6.07) is 0. The van der Waals surface area contributed by atoms with Gasteiger partial charge in [-0.25, -0.2) is 0 Å². The Bertz CT molecular complexity index is 194. The molecule has 1 heterocycles. The SMILES string of the molecule is CC1CCN(CCC(C)(N)CO)CC1C. The lowest BCUT2D eigenvalue weighted by molar-refractivity contribution is 0.118. The number of hydrogen-bond acceptors (Lipinski definition) is 3. The van der Waals surface area contributed by atoms with Crippen LogP contribution in [-0.2, 0) is 0 Å². The molecule has 3 N–H and O–H groups in total. The first-order valence-electron chi connectivity index (χ1n) is 6.07. The molecule has 0 aliphatic carbocycles. The van der Waals surface area contributed by atoms with Gasteiger partial charge in [-0.2, -0.15) is 0 Å². The van der Waals surface area contributed by atoms with Crippen LogP contribution in [0.25, 0.3) is 0 Å². The molecule has 1 rings (SSSR count). The van der Waals surface area contributed by atoms with Gasteiger partial charge < -0.3 is 15.7 Å². The van der Waals surface area contributed by atoms with Gasteiger partial charge in [0, 0.05) is 12.1 Å². The average molecular weight is 214 g/mol. The third-order valence-corrected chi connectivity index (χ3v) is 3.78. The van der Waals surface area contributed by atoms with Crippen molar-refractivity contribution in [2.24, 2.45) is 17.6 Å². The Morgan fingerprint density at radius 1 is 1.40 bits per heavy atom. The monoisotopic (exact) mass is 214 g/mol. The summed E-state index contributed by atoms with van der Waals surface area (Å²) in [5.74, 6) is 1.64. The van der Waals surface area contributed by atoms with E-state index < -0.39 is 5.54 Å². The van der Waals surface area contributed by atoms with Crippen LogP contribution in [0.1, 0.15) is 33.6 Å². The first-order valence-corrected chi connectivity index (χ1v) is 6.07. The summed E-state index contributed by atoms with van der Waals surface area (Å²) in [5, 5.41) is 9.07. The van der Waals surface area contributed by atoms with E-state index >= 15 is 0 Å². The van der Waals surface area contributed by atoms with Gasteiger partial charge in [0.25, 0.3) is 0 Å². The summed E-state index contributed by atoms with van der Waals surface area (Å²) >= 11 is 0. The summed E-state index contributed by atoms with van der Waals surface area (Å²) in [6.45, 7) is 10.0. The smallest absolute Gasteiger partial charge is 0.0608 e. The normalized spacial score (nSPS) is 32.6. The molecule has 0 radical (unpaired) electrons. The Morgan fingerprint density at radius 3 is 2.60 bits per heavy atom. The second-order valence-electron chi connectivity index (χ2n) is 5.61. The lowest BCUT2D eigenvalue weighted by Crippen LogP contribution is -2.46. The number of nitrogens with two attached hydrogens (primary N) is 1. The Hall–Kier alpha value is -0.120. The highest BCUT2D eigenvalue weighted by molar-refractivity contribution is 4.81. The number of likely N-dealkylation sites (tertiary alicyclic amines) is 1. The molecule has 1 aliphatic heterocycles. The molecule has 0 aromatic carbocycles. The van der Waals surface area contributed by atoms with Gasteiger partial charge in [0.15, 0.2) is 0 Å². The average Bonchev–Trinajstić information content (AvgIpc) is 2.20. The number of nitrogens with zero attached hydrogens (tertiary/aromatic N) is 1. The first kappa shape index (κ1) is 12.9. The molecule has 0 aromatic rings. The van der Waals surface area contributed by atoms with Crippen molar-refractivity contribution >= 4 is 0 Å². The molecule has 15 heavy (non-hydrogen) atoms. The third-order valence-electron chi connectivity index (χ3n) is 3.78. The molecule has 3 heteroatoms. The summed E-state index contributed by atoms with van der Waals surface area (Å²) in [7, 11) is 0. The van der Waals surface area contributed by atoms with Crippen LogP contribution in [0.2, 0.25) is 0 Å². The molecule has 1 saturated heterocycles. The van der Waals surface area contributed by atoms with Crippen LogP contribution in [0, 0.1) is 11.8 Å². The molecule has 1 fully saturated rings. The van der Waals surface area contributed by atoms with Gasteiger partial charge in [-0.3, -0.25) is 0 Å². The van der Waals surface area contributed by atoms with Gasteiger partial charge in [0.2, 0.25) is 0 Å². The molecule has 1 aliphatic rings. The number of aliphatic hydroxyl groups excluding tert-OH is 1. The van der Waals surface area contributed by atoms with E-state index in [2.05, 4.69) is 18.7 Å². The van der Waals surface area contributed by atoms with Crippen LogP contribution in [0.15, 0.2) is 0 Å². The van der Waals surface area contributed by atoms with Crippen molar-refractivity contribution in [3.63, 3.8) is 0 Å². The highest BCUT2D eigenvalue weighted by atomic mass is 16.3. The Labute approximate surface area is 93.6 Å². The quantitative estimate of drug-likeness (QED) is 0.736. The fourth-order valence-corrected chi connectivity index (χ4v) is 2.04. The lowest BCUT2D eigenvalue weighted by Gasteiger charge is -2.36. The van der Waals surface area contributed by atoms with Crippen LogP contribution in [0.3, 0.4) is 0 Å². The first-order chi connectivity index (χ1) is 6.94. The van der Waals surface area contributed by atoms with Crippen molar-refractivity contribution in [3.8, 4) is 0 Å². The predicted octanol–water partition coefficient (Wildman–Crippen LogP) is 1.06. The standard InChI is InChI=1S/C12H26N2O/c1-10-4-6-14(8-11(10)2)7-5-12(3,13)9-15/h10-11,15H,4-9,13H2,1-3H3. The molecule has 0 amide bonds. The topological polar surface area (TPSA) is 49.5 Å². The van der Waals surface area contributed by atoms with E-state index in [4.69, 9.17) is 10.8 Å². The van der Waals surface area contributed by atoms with Crippen LogP contribution in [-0.4, -0.2) is 41.8 Å². The fraction of sp³-hybridized carbons (Fsp3) is 1.00.